The monoisotopic (exact) mass is 274 g/mol. The van der Waals surface area contributed by atoms with E-state index in [4.69, 9.17) is 9.52 Å². The SMILES string of the molecule is CCc1nc(C)c(CNCc2cccc(C(=O)O)c2)o1. The molecule has 0 amide bonds. The summed E-state index contributed by atoms with van der Waals surface area (Å²) in [5.41, 5.74) is 2.12. The normalized spacial score (nSPS) is 10.7. The van der Waals surface area contributed by atoms with Crippen molar-refractivity contribution in [2.45, 2.75) is 33.4 Å². The largest absolute Gasteiger partial charge is 0.478 e. The van der Waals surface area contributed by atoms with E-state index in [1.807, 2.05) is 19.9 Å². The number of nitrogens with zero attached hydrogens (tertiary/aromatic N) is 1. The predicted octanol–water partition coefficient (Wildman–Crippen LogP) is 2.53. The molecule has 0 aliphatic rings. The highest BCUT2D eigenvalue weighted by Crippen LogP contribution is 2.11. The molecule has 5 nitrogen and oxygen atoms in total. The van der Waals surface area contributed by atoms with Gasteiger partial charge in [0.15, 0.2) is 5.89 Å². The number of hydrogen-bond acceptors (Lipinski definition) is 4. The van der Waals surface area contributed by atoms with Crippen LogP contribution in [0.15, 0.2) is 28.7 Å². The number of carboxylic acids is 1. The molecule has 1 aromatic carbocycles. The summed E-state index contributed by atoms with van der Waals surface area (Å²) in [5, 5.41) is 12.2. The van der Waals surface area contributed by atoms with E-state index in [0.717, 1.165) is 29.3 Å². The van der Waals surface area contributed by atoms with Gasteiger partial charge in [-0.25, -0.2) is 9.78 Å². The first-order valence-electron chi connectivity index (χ1n) is 6.58. The molecule has 20 heavy (non-hydrogen) atoms. The molecule has 0 aliphatic carbocycles. The van der Waals surface area contributed by atoms with E-state index in [0.29, 0.717) is 18.7 Å². The van der Waals surface area contributed by atoms with E-state index in [-0.39, 0.29) is 0 Å². The van der Waals surface area contributed by atoms with Crippen molar-refractivity contribution in [3.05, 3.63) is 52.7 Å². The molecular weight excluding hydrogens is 256 g/mol. The molecule has 2 N–H and O–H groups in total. The number of rotatable bonds is 6. The zero-order chi connectivity index (χ0) is 14.5. The third-order valence-corrected chi connectivity index (χ3v) is 3.03. The lowest BCUT2D eigenvalue weighted by molar-refractivity contribution is 0.0696. The Hall–Kier alpha value is -2.14. The molecule has 2 rings (SSSR count). The fourth-order valence-electron chi connectivity index (χ4n) is 1.94. The van der Waals surface area contributed by atoms with E-state index in [2.05, 4.69) is 10.3 Å². The van der Waals surface area contributed by atoms with Crippen LogP contribution in [0.1, 0.15) is 40.2 Å². The summed E-state index contributed by atoms with van der Waals surface area (Å²) in [4.78, 5) is 15.2. The van der Waals surface area contributed by atoms with Crippen LogP contribution >= 0.6 is 0 Å². The van der Waals surface area contributed by atoms with Gasteiger partial charge in [0.25, 0.3) is 0 Å². The molecule has 1 aromatic heterocycles. The van der Waals surface area contributed by atoms with Gasteiger partial charge in [-0.2, -0.15) is 0 Å². The molecule has 5 heteroatoms. The minimum absolute atomic E-state index is 0.299. The molecule has 0 bridgehead atoms. The van der Waals surface area contributed by atoms with Gasteiger partial charge in [0, 0.05) is 13.0 Å². The summed E-state index contributed by atoms with van der Waals surface area (Å²) in [6, 6.07) is 6.89. The lowest BCUT2D eigenvalue weighted by Crippen LogP contribution is -2.13. The van der Waals surface area contributed by atoms with Crippen molar-refractivity contribution in [3.63, 3.8) is 0 Å². The van der Waals surface area contributed by atoms with Crippen LogP contribution in [0.3, 0.4) is 0 Å². The highest BCUT2D eigenvalue weighted by Gasteiger charge is 2.08. The van der Waals surface area contributed by atoms with Gasteiger partial charge >= 0.3 is 5.97 Å². The number of aromatic carboxylic acids is 1. The van der Waals surface area contributed by atoms with Crippen molar-refractivity contribution in [1.82, 2.24) is 10.3 Å². The van der Waals surface area contributed by atoms with Crippen molar-refractivity contribution in [2.75, 3.05) is 0 Å². The first kappa shape index (κ1) is 14.3. The van der Waals surface area contributed by atoms with Gasteiger partial charge in [-0.1, -0.05) is 19.1 Å². The third kappa shape index (κ3) is 3.45. The first-order valence-corrected chi connectivity index (χ1v) is 6.58. The number of benzene rings is 1. The molecule has 2 aromatic rings. The Labute approximate surface area is 117 Å². The van der Waals surface area contributed by atoms with Crippen LogP contribution in [0, 0.1) is 6.92 Å². The number of oxazole rings is 1. The Kier molecular flexibility index (Phi) is 4.53. The zero-order valence-corrected chi connectivity index (χ0v) is 11.6. The molecule has 0 radical (unpaired) electrons. The smallest absolute Gasteiger partial charge is 0.335 e. The highest BCUT2D eigenvalue weighted by molar-refractivity contribution is 5.87. The second-order valence-corrected chi connectivity index (χ2v) is 4.58. The van der Waals surface area contributed by atoms with Crippen LogP contribution in [0.4, 0.5) is 0 Å². The molecular formula is C15H18N2O3. The third-order valence-electron chi connectivity index (χ3n) is 3.03. The number of carbonyl (C=O) groups is 1. The van der Waals surface area contributed by atoms with Gasteiger partial charge in [0.1, 0.15) is 5.76 Å². The second kappa shape index (κ2) is 6.34. The van der Waals surface area contributed by atoms with Gasteiger partial charge in [-0.15, -0.1) is 0 Å². The van der Waals surface area contributed by atoms with Crippen LogP contribution in [-0.4, -0.2) is 16.1 Å². The van der Waals surface area contributed by atoms with Crippen molar-refractivity contribution in [2.24, 2.45) is 0 Å². The van der Waals surface area contributed by atoms with Gasteiger partial charge in [0.2, 0.25) is 0 Å². The Morgan fingerprint density at radius 1 is 1.40 bits per heavy atom. The maximum absolute atomic E-state index is 10.9. The van der Waals surface area contributed by atoms with Gasteiger partial charge in [-0.3, -0.25) is 0 Å². The van der Waals surface area contributed by atoms with Crippen LogP contribution in [0.5, 0.6) is 0 Å². The fourth-order valence-corrected chi connectivity index (χ4v) is 1.94. The van der Waals surface area contributed by atoms with Crippen LogP contribution in [0.2, 0.25) is 0 Å². The molecule has 0 aliphatic heterocycles. The molecule has 1 heterocycles. The Balaban J connectivity index is 1.94. The molecule has 0 spiro atoms. The van der Waals surface area contributed by atoms with Crippen LogP contribution in [0.25, 0.3) is 0 Å². The lowest BCUT2D eigenvalue weighted by atomic mass is 10.1. The highest BCUT2D eigenvalue weighted by atomic mass is 16.4. The molecule has 0 atom stereocenters. The number of nitrogens with one attached hydrogen (secondary N) is 1. The van der Waals surface area contributed by atoms with E-state index in [1.54, 1.807) is 18.2 Å². The van der Waals surface area contributed by atoms with Crippen LogP contribution in [-0.2, 0) is 19.5 Å². The number of carboxylic acid groups (broad SMARTS) is 1. The summed E-state index contributed by atoms with van der Waals surface area (Å²) in [6.07, 6.45) is 0.779. The second-order valence-electron chi connectivity index (χ2n) is 4.58. The van der Waals surface area contributed by atoms with Gasteiger partial charge in [-0.05, 0) is 24.6 Å². The maximum Gasteiger partial charge on any atom is 0.335 e. The number of aromatic nitrogens is 1. The van der Waals surface area contributed by atoms with E-state index in [1.165, 1.54) is 0 Å². The van der Waals surface area contributed by atoms with Gasteiger partial charge in [0.05, 0.1) is 17.8 Å². The Morgan fingerprint density at radius 2 is 2.20 bits per heavy atom. The molecule has 0 fully saturated rings. The van der Waals surface area contributed by atoms with Crippen LogP contribution < -0.4 is 5.32 Å². The number of hydrogen-bond donors (Lipinski definition) is 2. The minimum Gasteiger partial charge on any atom is -0.478 e. The summed E-state index contributed by atoms with van der Waals surface area (Å²) < 4.78 is 5.60. The Morgan fingerprint density at radius 3 is 2.85 bits per heavy atom. The van der Waals surface area contributed by atoms with Gasteiger partial charge < -0.3 is 14.8 Å². The zero-order valence-electron chi connectivity index (χ0n) is 11.6. The summed E-state index contributed by atoms with van der Waals surface area (Å²) >= 11 is 0. The summed E-state index contributed by atoms with van der Waals surface area (Å²) in [5.74, 6) is 0.661. The van der Waals surface area contributed by atoms with Crippen molar-refractivity contribution < 1.29 is 14.3 Å². The van der Waals surface area contributed by atoms with E-state index in [9.17, 15) is 4.79 Å². The van der Waals surface area contributed by atoms with E-state index < -0.39 is 5.97 Å². The molecule has 0 saturated heterocycles. The topological polar surface area (TPSA) is 75.4 Å². The minimum atomic E-state index is -0.912. The van der Waals surface area contributed by atoms with E-state index >= 15 is 0 Å². The van der Waals surface area contributed by atoms with Crippen molar-refractivity contribution in [1.29, 1.82) is 0 Å². The average molecular weight is 274 g/mol. The fraction of sp³-hybridized carbons (Fsp3) is 0.333. The maximum atomic E-state index is 10.9. The average Bonchev–Trinajstić information content (AvgIpc) is 2.80. The summed E-state index contributed by atoms with van der Waals surface area (Å²) in [7, 11) is 0. The lowest BCUT2D eigenvalue weighted by Gasteiger charge is -2.04. The molecule has 0 unspecified atom stereocenters. The quantitative estimate of drug-likeness (QED) is 0.846. The standard InChI is InChI=1S/C15H18N2O3/c1-3-14-17-10(2)13(20-14)9-16-8-11-5-4-6-12(7-11)15(18)19/h4-7,16H,3,8-9H2,1-2H3,(H,18,19). The molecule has 0 saturated carbocycles. The number of aryl methyl sites for hydroxylation is 2. The Bertz CT molecular complexity index is 605. The first-order chi connectivity index (χ1) is 9.60. The van der Waals surface area contributed by atoms with Crippen molar-refractivity contribution in [3.8, 4) is 0 Å². The summed E-state index contributed by atoms with van der Waals surface area (Å²) in [6.45, 7) is 5.09. The van der Waals surface area contributed by atoms with Crippen molar-refractivity contribution >= 4 is 5.97 Å². The predicted molar refractivity (Wildman–Crippen MR) is 74.6 cm³/mol. The molecule has 106 valence electrons.